The van der Waals surface area contributed by atoms with Gasteiger partial charge in [-0.15, -0.1) is 0 Å². The number of carbonyl (C=O) groups is 2. The standard InChI is InChI=1S/C15H11ClF3N3O2/c1-20-13(23)8-5-9(15(17,18)19)7-10(6-8)22-14(24)12-11(16)3-2-4-21-12/h2-7H,1H3,(H,20,23)(H,22,24). The quantitative estimate of drug-likeness (QED) is 0.884. The predicted octanol–water partition coefficient (Wildman–Crippen LogP) is 3.37. The second-order valence-corrected chi connectivity index (χ2v) is 5.07. The summed E-state index contributed by atoms with van der Waals surface area (Å²) in [6, 6.07) is 5.48. The van der Waals surface area contributed by atoms with Crippen molar-refractivity contribution in [1.29, 1.82) is 0 Å². The van der Waals surface area contributed by atoms with E-state index in [1.54, 1.807) is 0 Å². The molecule has 0 atom stereocenters. The largest absolute Gasteiger partial charge is 0.416 e. The first kappa shape index (κ1) is 17.7. The fourth-order valence-corrected chi connectivity index (χ4v) is 2.09. The summed E-state index contributed by atoms with van der Waals surface area (Å²) >= 11 is 5.83. The Morgan fingerprint density at radius 3 is 2.46 bits per heavy atom. The third-order valence-electron chi connectivity index (χ3n) is 2.98. The van der Waals surface area contributed by atoms with Crippen molar-refractivity contribution in [2.45, 2.75) is 6.18 Å². The monoisotopic (exact) mass is 357 g/mol. The molecule has 1 aromatic heterocycles. The molecule has 2 rings (SSSR count). The number of alkyl halides is 3. The second kappa shape index (κ2) is 6.88. The molecule has 5 nitrogen and oxygen atoms in total. The number of anilines is 1. The summed E-state index contributed by atoms with van der Waals surface area (Å²) in [7, 11) is 1.29. The van der Waals surface area contributed by atoms with Crippen LogP contribution in [0.25, 0.3) is 0 Å². The van der Waals surface area contributed by atoms with Gasteiger partial charge >= 0.3 is 6.18 Å². The molecule has 126 valence electrons. The number of nitrogens with one attached hydrogen (secondary N) is 2. The Kier molecular flexibility index (Phi) is 5.08. The van der Waals surface area contributed by atoms with Gasteiger partial charge < -0.3 is 10.6 Å². The van der Waals surface area contributed by atoms with Crippen LogP contribution in [-0.4, -0.2) is 23.8 Å². The van der Waals surface area contributed by atoms with Crippen LogP contribution in [-0.2, 0) is 6.18 Å². The second-order valence-electron chi connectivity index (χ2n) is 4.66. The summed E-state index contributed by atoms with van der Waals surface area (Å²) in [4.78, 5) is 27.5. The van der Waals surface area contributed by atoms with E-state index < -0.39 is 23.6 Å². The molecule has 2 amide bonds. The molecule has 0 spiro atoms. The molecule has 2 aromatic rings. The summed E-state index contributed by atoms with van der Waals surface area (Å²) in [6.07, 6.45) is -3.35. The smallest absolute Gasteiger partial charge is 0.355 e. The van der Waals surface area contributed by atoms with Gasteiger partial charge in [-0.3, -0.25) is 9.59 Å². The van der Waals surface area contributed by atoms with Gasteiger partial charge in [0.15, 0.2) is 0 Å². The van der Waals surface area contributed by atoms with Gasteiger partial charge in [0.25, 0.3) is 11.8 Å². The number of carbonyl (C=O) groups excluding carboxylic acids is 2. The zero-order chi connectivity index (χ0) is 17.9. The van der Waals surface area contributed by atoms with Crippen molar-refractivity contribution in [3.63, 3.8) is 0 Å². The predicted molar refractivity (Wildman–Crippen MR) is 82.0 cm³/mol. The van der Waals surface area contributed by atoms with Gasteiger partial charge in [0.05, 0.1) is 10.6 Å². The minimum atomic E-state index is -4.67. The van der Waals surface area contributed by atoms with Gasteiger partial charge in [0.2, 0.25) is 0 Å². The first-order valence-corrected chi connectivity index (χ1v) is 6.96. The Morgan fingerprint density at radius 1 is 1.17 bits per heavy atom. The van der Waals surface area contributed by atoms with Gasteiger partial charge in [0, 0.05) is 24.5 Å². The van der Waals surface area contributed by atoms with Crippen molar-refractivity contribution in [1.82, 2.24) is 10.3 Å². The van der Waals surface area contributed by atoms with E-state index >= 15 is 0 Å². The van der Waals surface area contributed by atoms with Crippen molar-refractivity contribution in [2.75, 3.05) is 12.4 Å². The van der Waals surface area contributed by atoms with Crippen LogP contribution in [0.5, 0.6) is 0 Å². The minimum Gasteiger partial charge on any atom is -0.355 e. The van der Waals surface area contributed by atoms with Gasteiger partial charge in [-0.05, 0) is 30.3 Å². The highest BCUT2D eigenvalue weighted by Crippen LogP contribution is 2.32. The summed E-state index contributed by atoms with van der Waals surface area (Å²) < 4.78 is 38.9. The van der Waals surface area contributed by atoms with Crippen molar-refractivity contribution in [2.24, 2.45) is 0 Å². The lowest BCUT2D eigenvalue weighted by Gasteiger charge is -2.12. The highest BCUT2D eigenvalue weighted by atomic mass is 35.5. The minimum absolute atomic E-state index is 0.0495. The number of hydrogen-bond donors (Lipinski definition) is 2. The van der Waals surface area contributed by atoms with E-state index in [2.05, 4.69) is 15.6 Å². The van der Waals surface area contributed by atoms with Crippen molar-refractivity contribution < 1.29 is 22.8 Å². The third-order valence-corrected chi connectivity index (χ3v) is 3.29. The third kappa shape index (κ3) is 4.02. The molecule has 0 aliphatic carbocycles. The van der Waals surface area contributed by atoms with Gasteiger partial charge in [0.1, 0.15) is 5.69 Å². The molecule has 0 saturated heterocycles. The van der Waals surface area contributed by atoms with Crippen LogP contribution in [0, 0.1) is 0 Å². The van der Waals surface area contributed by atoms with Crippen LogP contribution in [0.4, 0.5) is 18.9 Å². The molecule has 2 N–H and O–H groups in total. The van der Waals surface area contributed by atoms with Crippen molar-refractivity contribution in [3.05, 3.63) is 58.4 Å². The van der Waals surface area contributed by atoms with Crippen molar-refractivity contribution in [3.8, 4) is 0 Å². The molecule has 0 bridgehead atoms. The van der Waals surface area contributed by atoms with Crippen LogP contribution in [0.2, 0.25) is 5.02 Å². The number of hydrogen-bond acceptors (Lipinski definition) is 3. The summed E-state index contributed by atoms with van der Waals surface area (Å²) in [5, 5.41) is 4.54. The Morgan fingerprint density at radius 2 is 1.88 bits per heavy atom. The first-order valence-electron chi connectivity index (χ1n) is 6.58. The van der Waals surface area contributed by atoms with Crippen LogP contribution >= 0.6 is 11.6 Å². The van der Waals surface area contributed by atoms with Gasteiger partial charge in [-0.25, -0.2) is 4.98 Å². The zero-order valence-corrected chi connectivity index (χ0v) is 13.0. The Balaban J connectivity index is 2.41. The average Bonchev–Trinajstić information content (AvgIpc) is 2.53. The molecule has 0 aliphatic heterocycles. The highest BCUT2D eigenvalue weighted by Gasteiger charge is 2.32. The van der Waals surface area contributed by atoms with E-state index in [-0.39, 0.29) is 22.0 Å². The van der Waals surface area contributed by atoms with E-state index in [1.165, 1.54) is 25.4 Å². The molecular formula is C15H11ClF3N3O2. The summed E-state index contributed by atoms with van der Waals surface area (Å²) in [6.45, 7) is 0. The van der Waals surface area contributed by atoms with Crippen molar-refractivity contribution >= 4 is 29.1 Å². The maximum Gasteiger partial charge on any atom is 0.416 e. The molecule has 0 aliphatic rings. The zero-order valence-electron chi connectivity index (χ0n) is 12.2. The van der Waals surface area contributed by atoms with E-state index in [0.717, 1.165) is 12.1 Å². The van der Waals surface area contributed by atoms with Crippen LogP contribution in [0.15, 0.2) is 36.5 Å². The fraction of sp³-hybridized carbons (Fsp3) is 0.133. The number of aromatic nitrogens is 1. The lowest BCUT2D eigenvalue weighted by Crippen LogP contribution is -2.20. The molecule has 9 heteroatoms. The van der Waals surface area contributed by atoms with Crippen LogP contribution in [0.3, 0.4) is 0 Å². The molecule has 1 heterocycles. The lowest BCUT2D eigenvalue weighted by molar-refractivity contribution is -0.137. The Bertz CT molecular complexity index is 794. The molecule has 24 heavy (non-hydrogen) atoms. The molecule has 0 fully saturated rings. The summed E-state index contributed by atoms with van der Waals surface area (Å²) in [5.74, 6) is -1.50. The van der Waals surface area contributed by atoms with E-state index in [0.29, 0.717) is 6.07 Å². The topological polar surface area (TPSA) is 71.1 Å². The van der Waals surface area contributed by atoms with Gasteiger partial charge in [-0.2, -0.15) is 13.2 Å². The molecule has 0 radical (unpaired) electrons. The van der Waals surface area contributed by atoms with E-state index in [4.69, 9.17) is 11.6 Å². The first-order chi connectivity index (χ1) is 11.2. The highest BCUT2D eigenvalue weighted by molar-refractivity contribution is 6.34. The number of rotatable bonds is 3. The normalized spacial score (nSPS) is 11.0. The number of nitrogens with zero attached hydrogens (tertiary/aromatic N) is 1. The molecule has 0 saturated carbocycles. The number of benzene rings is 1. The molecular weight excluding hydrogens is 347 g/mol. The maximum atomic E-state index is 13.0. The van der Waals surface area contributed by atoms with Gasteiger partial charge in [-0.1, -0.05) is 11.6 Å². The summed E-state index contributed by atoms with van der Waals surface area (Å²) in [5.41, 5.74) is -1.64. The Labute approximate surface area is 139 Å². The number of amides is 2. The number of pyridine rings is 1. The fourth-order valence-electron chi connectivity index (χ4n) is 1.88. The Hall–Kier alpha value is -2.61. The van der Waals surface area contributed by atoms with E-state index in [9.17, 15) is 22.8 Å². The molecule has 1 aromatic carbocycles. The SMILES string of the molecule is CNC(=O)c1cc(NC(=O)c2ncccc2Cl)cc(C(F)(F)F)c1. The average molecular weight is 358 g/mol. The maximum absolute atomic E-state index is 13.0. The van der Waals surface area contributed by atoms with E-state index in [1.807, 2.05) is 0 Å². The number of halogens is 4. The lowest BCUT2D eigenvalue weighted by atomic mass is 10.1. The van der Waals surface area contributed by atoms with Crippen LogP contribution < -0.4 is 10.6 Å². The van der Waals surface area contributed by atoms with Crippen LogP contribution in [0.1, 0.15) is 26.4 Å². The molecule has 0 unspecified atom stereocenters.